The van der Waals surface area contributed by atoms with Gasteiger partial charge in [-0.3, -0.25) is 0 Å². The van der Waals surface area contributed by atoms with Crippen molar-refractivity contribution in [3.8, 4) is 0 Å². The summed E-state index contributed by atoms with van der Waals surface area (Å²) in [6.07, 6.45) is 5.75. The molecule has 0 aliphatic carbocycles. The Morgan fingerprint density at radius 1 is 1.78 bits per heavy atom. The number of aromatic nitrogens is 2. The molecule has 0 bridgehead atoms. The largest absolute Gasteiger partial charge is 0.337 e. The van der Waals surface area contributed by atoms with E-state index in [2.05, 4.69) is 4.98 Å². The molecule has 3 heteroatoms. The molecule has 1 radical (unpaired) electrons. The summed E-state index contributed by atoms with van der Waals surface area (Å²) < 4.78 is 1.98. The Balaban J connectivity index is 2.69. The van der Waals surface area contributed by atoms with Crippen LogP contribution in [0, 0.1) is 5.75 Å². The molecule has 0 atom stereocenters. The van der Waals surface area contributed by atoms with E-state index in [-0.39, 0.29) is 0 Å². The van der Waals surface area contributed by atoms with Gasteiger partial charge in [0.25, 0.3) is 0 Å². The highest BCUT2D eigenvalue weighted by molar-refractivity contribution is 8.00. The Labute approximate surface area is 59.3 Å². The molecular weight excluding hydrogens is 132 g/mol. The summed E-state index contributed by atoms with van der Waals surface area (Å²) in [6, 6.07) is 0. The second kappa shape index (κ2) is 2.92. The van der Waals surface area contributed by atoms with Crippen molar-refractivity contribution in [1.29, 1.82) is 0 Å². The number of rotatable bonds is 2. The molecule has 9 heavy (non-hydrogen) atoms. The lowest BCUT2D eigenvalue weighted by atomic mass is 10.7. The van der Waals surface area contributed by atoms with Crippen molar-refractivity contribution in [2.24, 2.45) is 7.05 Å². The first-order valence-corrected chi connectivity index (χ1v) is 3.96. The smallest absolute Gasteiger partial charge is 0.123 e. The highest BCUT2D eigenvalue weighted by Crippen LogP contribution is 2.07. The Kier molecular flexibility index (Phi) is 2.16. The fourth-order valence-electron chi connectivity index (χ4n) is 0.596. The monoisotopic (exact) mass is 141 g/mol. The maximum Gasteiger partial charge on any atom is 0.123 e. The summed E-state index contributed by atoms with van der Waals surface area (Å²) in [6.45, 7) is 0. The number of hydrogen-bond acceptors (Lipinski definition) is 2. The maximum absolute atomic E-state index is 4.09. The summed E-state index contributed by atoms with van der Waals surface area (Å²) in [5.41, 5.74) is 0. The molecule has 0 spiro atoms. The Bertz CT molecular complexity index is 183. The highest BCUT2D eigenvalue weighted by Gasteiger charge is 1.94. The van der Waals surface area contributed by atoms with Gasteiger partial charge in [-0.1, -0.05) is 0 Å². The zero-order valence-corrected chi connectivity index (χ0v) is 6.35. The minimum absolute atomic E-state index is 1.02. The van der Waals surface area contributed by atoms with Gasteiger partial charge in [-0.25, -0.2) is 4.98 Å². The molecule has 1 rings (SSSR count). The molecule has 2 nitrogen and oxygen atoms in total. The lowest BCUT2D eigenvalue weighted by Gasteiger charge is -1.95. The van der Waals surface area contributed by atoms with Gasteiger partial charge in [0.1, 0.15) is 5.82 Å². The fourth-order valence-corrected chi connectivity index (χ4v) is 1.03. The predicted octanol–water partition coefficient (Wildman–Crippen LogP) is 1.29. The molecule has 0 saturated heterocycles. The molecule has 0 N–H and O–H groups in total. The normalized spacial score (nSPS) is 10.0. The summed E-state index contributed by atoms with van der Waals surface area (Å²) >= 11 is 1.67. The van der Waals surface area contributed by atoms with E-state index in [1.807, 2.05) is 29.8 Å². The summed E-state index contributed by atoms with van der Waals surface area (Å²) in [7, 11) is 1.98. The Morgan fingerprint density at radius 3 is 3.00 bits per heavy atom. The van der Waals surface area contributed by atoms with Crippen molar-refractivity contribution in [2.45, 2.75) is 0 Å². The van der Waals surface area contributed by atoms with Gasteiger partial charge in [0.05, 0.1) is 5.75 Å². The van der Waals surface area contributed by atoms with Crippen LogP contribution in [-0.4, -0.2) is 15.8 Å². The van der Waals surface area contributed by atoms with Crippen LogP contribution < -0.4 is 0 Å². The molecule has 0 aromatic carbocycles. The number of thioether (sulfide) groups is 1. The van der Waals surface area contributed by atoms with E-state index in [1.165, 1.54) is 0 Å². The van der Waals surface area contributed by atoms with Crippen LogP contribution in [-0.2, 0) is 7.05 Å². The maximum atomic E-state index is 4.09. The molecule has 0 aliphatic rings. The second-order valence-electron chi connectivity index (χ2n) is 1.75. The van der Waals surface area contributed by atoms with Gasteiger partial charge in [-0.2, -0.15) is 11.8 Å². The molecule has 0 saturated carbocycles. The molecular formula is C6H9N2S. The van der Waals surface area contributed by atoms with Crippen LogP contribution in [0.5, 0.6) is 0 Å². The molecule has 1 heterocycles. The molecule has 0 aliphatic heterocycles. The van der Waals surface area contributed by atoms with Crippen LogP contribution >= 0.6 is 11.8 Å². The first-order valence-electron chi connectivity index (χ1n) is 2.68. The first kappa shape index (κ1) is 6.68. The van der Waals surface area contributed by atoms with Crippen LogP contribution in [0.4, 0.5) is 0 Å². The molecule has 1 aromatic heterocycles. The van der Waals surface area contributed by atoms with Crippen molar-refractivity contribution < 1.29 is 0 Å². The van der Waals surface area contributed by atoms with Gasteiger partial charge in [0.2, 0.25) is 0 Å². The zero-order chi connectivity index (χ0) is 6.69. The average molecular weight is 141 g/mol. The molecule has 0 amide bonds. The van der Waals surface area contributed by atoms with Crippen molar-refractivity contribution in [3.63, 3.8) is 0 Å². The van der Waals surface area contributed by atoms with Crippen molar-refractivity contribution in [1.82, 2.24) is 9.55 Å². The second-order valence-corrected chi connectivity index (χ2v) is 2.46. The number of aryl methyl sites for hydroxylation is 1. The number of hydrogen-bond donors (Lipinski definition) is 0. The van der Waals surface area contributed by atoms with E-state index in [4.69, 9.17) is 0 Å². The van der Waals surface area contributed by atoms with Gasteiger partial charge in [0.15, 0.2) is 0 Å². The topological polar surface area (TPSA) is 17.8 Å². The van der Waals surface area contributed by atoms with Crippen molar-refractivity contribution >= 4 is 11.8 Å². The zero-order valence-electron chi connectivity index (χ0n) is 5.53. The number of imidazole rings is 1. The summed E-state index contributed by atoms with van der Waals surface area (Å²) in [5, 5.41) is 0. The third-order valence-electron chi connectivity index (χ3n) is 1.08. The van der Waals surface area contributed by atoms with Crippen LogP contribution in [0.15, 0.2) is 12.4 Å². The van der Waals surface area contributed by atoms with Gasteiger partial charge < -0.3 is 4.57 Å². The third kappa shape index (κ3) is 1.48. The number of nitrogens with zero attached hydrogens (tertiary/aromatic N) is 2. The molecule has 0 unspecified atom stereocenters. The van der Waals surface area contributed by atoms with Gasteiger partial charge in [0, 0.05) is 19.4 Å². The lowest BCUT2D eigenvalue weighted by molar-refractivity contribution is 0.881. The minimum Gasteiger partial charge on any atom is -0.337 e. The van der Waals surface area contributed by atoms with Gasteiger partial charge in [-0.05, 0) is 6.26 Å². The van der Waals surface area contributed by atoms with Crippen molar-refractivity contribution in [3.05, 3.63) is 24.0 Å². The highest BCUT2D eigenvalue weighted by atomic mass is 32.2. The standard InChI is InChI=1S/C6H9N2S/c1-8-4-3-7-6(8)5-9-2/h3-5H,1-2H3. The third-order valence-corrected chi connectivity index (χ3v) is 1.53. The van der Waals surface area contributed by atoms with E-state index in [0.29, 0.717) is 0 Å². The lowest BCUT2D eigenvalue weighted by Crippen LogP contribution is -1.91. The van der Waals surface area contributed by atoms with E-state index < -0.39 is 0 Å². The van der Waals surface area contributed by atoms with E-state index in [1.54, 1.807) is 18.0 Å². The minimum atomic E-state index is 1.02. The average Bonchev–Trinajstić information content (AvgIpc) is 2.18. The summed E-state index contributed by atoms with van der Waals surface area (Å²) in [5.74, 6) is 3.03. The molecule has 49 valence electrons. The fraction of sp³-hybridized carbons (Fsp3) is 0.333. The quantitative estimate of drug-likeness (QED) is 0.617. The first-order chi connectivity index (χ1) is 4.34. The van der Waals surface area contributed by atoms with Crippen LogP contribution in [0.1, 0.15) is 5.82 Å². The SMILES string of the molecule is CS[CH]c1nccn1C. The van der Waals surface area contributed by atoms with Crippen LogP contribution in [0.3, 0.4) is 0 Å². The predicted molar refractivity (Wildman–Crippen MR) is 40.1 cm³/mol. The van der Waals surface area contributed by atoms with E-state index in [9.17, 15) is 0 Å². The Morgan fingerprint density at radius 2 is 2.56 bits per heavy atom. The van der Waals surface area contributed by atoms with Crippen LogP contribution in [0.25, 0.3) is 0 Å². The van der Waals surface area contributed by atoms with Crippen molar-refractivity contribution in [2.75, 3.05) is 6.26 Å². The van der Waals surface area contributed by atoms with E-state index >= 15 is 0 Å². The molecule has 0 fully saturated rings. The van der Waals surface area contributed by atoms with E-state index in [0.717, 1.165) is 5.82 Å². The molecule has 1 aromatic rings. The van der Waals surface area contributed by atoms with Gasteiger partial charge >= 0.3 is 0 Å². The summed E-state index contributed by atoms with van der Waals surface area (Å²) in [4.78, 5) is 4.09. The Hall–Kier alpha value is -0.440. The van der Waals surface area contributed by atoms with Gasteiger partial charge in [-0.15, -0.1) is 0 Å². The van der Waals surface area contributed by atoms with Crippen LogP contribution in [0.2, 0.25) is 0 Å².